The minimum atomic E-state index is -0.700. The second-order valence-electron chi connectivity index (χ2n) is 6.54. The van der Waals surface area contributed by atoms with Gasteiger partial charge in [0.2, 0.25) is 0 Å². The molecule has 1 saturated heterocycles. The van der Waals surface area contributed by atoms with Crippen LogP contribution in [-0.2, 0) is 14.4 Å². The van der Waals surface area contributed by atoms with E-state index in [4.69, 9.17) is 4.84 Å². The number of nitrogens with zero attached hydrogens (tertiary/aromatic N) is 5. The van der Waals surface area contributed by atoms with Crippen LogP contribution < -0.4 is 0 Å². The summed E-state index contributed by atoms with van der Waals surface area (Å²) in [7, 11) is 1.23. The lowest BCUT2D eigenvalue weighted by Gasteiger charge is -2.37. The average molecular weight is 395 g/mol. The molecule has 0 saturated carbocycles. The van der Waals surface area contributed by atoms with Gasteiger partial charge in [0.1, 0.15) is 0 Å². The molecule has 3 rings (SSSR count). The zero-order chi connectivity index (χ0) is 20.6. The first kappa shape index (κ1) is 20.1. The Morgan fingerprint density at radius 3 is 2.76 bits per heavy atom. The van der Waals surface area contributed by atoms with Crippen molar-refractivity contribution in [2.45, 2.75) is 25.8 Å². The van der Waals surface area contributed by atoms with Gasteiger partial charge in [0, 0.05) is 18.5 Å². The molecule has 0 spiro atoms. The van der Waals surface area contributed by atoms with Crippen LogP contribution >= 0.6 is 0 Å². The predicted octanol–water partition coefficient (Wildman–Crippen LogP) is 1.64. The number of likely N-dealkylation sites (tertiary alicyclic amines) is 1. The van der Waals surface area contributed by atoms with Crippen molar-refractivity contribution in [1.82, 2.24) is 19.9 Å². The highest BCUT2D eigenvalue weighted by Gasteiger charge is 2.30. The molecular formula is C20H21N5O4. The van der Waals surface area contributed by atoms with Crippen LogP contribution in [0.15, 0.2) is 41.8 Å². The van der Waals surface area contributed by atoms with Gasteiger partial charge in [-0.25, -0.2) is 4.79 Å². The zero-order valence-corrected chi connectivity index (χ0v) is 16.2. The van der Waals surface area contributed by atoms with E-state index in [9.17, 15) is 9.59 Å². The normalized spacial score (nSPS) is 18.8. The molecule has 1 amide bonds. The second-order valence-corrected chi connectivity index (χ2v) is 6.54. The lowest BCUT2D eigenvalue weighted by molar-refractivity contribution is -0.133. The Labute approximate surface area is 168 Å². The Morgan fingerprint density at radius 1 is 1.24 bits per heavy atom. The summed E-state index contributed by atoms with van der Waals surface area (Å²) in [6, 6.07) is 7.34. The first-order chi connectivity index (χ1) is 14.1. The maximum absolute atomic E-state index is 13.3. The number of oxime groups is 1. The number of aromatic nitrogens is 3. The third-order valence-corrected chi connectivity index (χ3v) is 4.66. The van der Waals surface area contributed by atoms with Crippen molar-refractivity contribution in [2.24, 2.45) is 11.1 Å². The van der Waals surface area contributed by atoms with Gasteiger partial charge in [0.05, 0.1) is 42.9 Å². The Bertz CT molecular complexity index is 945. The van der Waals surface area contributed by atoms with Crippen LogP contribution in [0.3, 0.4) is 0 Å². The quantitative estimate of drug-likeness (QED) is 0.338. The number of piperidine rings is 1. The van der Waals surface area contributed by atoms with Crippen LogP contribution in [0.25, 0.3) is 5.69 Å². The first-order valence-electron chi connectivity index (χ1n) is 9.15. The lowest BCUT2D eigenvalue weighted by Crippen LogP contribution is -2.46. The number of esters is 1. The van der Waals surface area contributed by atoms with Gasteiger partial charge in [-0.2, -0.15) is 15.0 Å². The molecule has 0 aliphatic carbocycles. The van der Waals surface area contributed by atoms with E-state index < -0.39 is 5.97 Å². The molecule has 0 N–H and O–H groups in total. The molecule has 9 heteroatoms. The molecule has 0 bridgehead atoms. The SMILES string of the molecule is COC(=O)C#CO/N=C/[C@@H]1CC[C@@H](C)N(C(=O)c2ccccc2-n2nccn2)C1. The molecule has 0 radical (unpaired) electrons. The number of amides is 1. The molecule has 1 aromatic heterocycles. The standard InChI is InChI=1S/C20H21N5O4/c1-15-7-8-16(13-23-29-12-9-19(26)28-2)14-24(15)20(27)17-5-3-4-6-18(17)25-21-10-11-22-25/h3-6,10-11,13,15-16H,7-8,14H2,1-2H3/b23-13+/t15-,16+/m1/s1. The zero-order valence-electron chi connectivity index (χ0n) is 16.2. The van der Waals surface area contributed by atoms with E-state index in [0.29, 0.717) is 17.8 Å². The van der Waals surface area contributed by atoms with Crippen LogP contribution in [-0.4, -0.2) is 57.7 Å². The summed E-state index contributed by atoms with van der Waals surface area (Å²) < 4.78 is 4.38. The van der Waals surface area contributed by atoms with Gasteiger partial charge >= 0.3 is 5.97 Å². The van der Waals surface area contributed by atoms with Crippen molar-refractivity contribution in [3.8, 4) is 17.7 Å². The smallest absolute Gasteiger partial charge is 0.387 e. The van der Waals surface area contributed by atoms with Crippen LogP contribution in [0, 0.1) is 17.9 Å². The number of carbonyl (C=O) groups is 2. The summed E-state index contributed by atoms with van der Waals surface area (Å²) in [5, 5.41) is 12.1. The molecule has 2 atom stereocenters. The van der Waals surface area contributed by atoms with Crippen molar-refractivity contribution in [1.29, 1.82) is 0 Å². The van der Waals surface area contributed by atoms with Crippen LogP contribution in [0.4, 0.5) is 0 Å². The lowest BCUT2D eigenvalue weighted by atomic mass is 9.93. The van der Waals surface area contributed by atoms with Gasteiger partial charge in [-0.15, -0.1) is 0 Å². The van der Waals surface area contributed by atoms with Gasteiger partial charge in [0.15, 0.2) is 6.11 Å². The average Bonchev–Trinajstić information content (AvgIpc) is 3.28. The second kappa shape index (κ2) is 9.50. The van der Waals surface area contributed by atoms with Gasteiger partial charge in [-0.1, -0.05) is 17.3 Å². The third kappa shape index (κ3) is 4.99. The highest BCUT2D eigenvalue weighted by Crippen LogP contribution is 2.24. The molecule has 150 valence electrons. The maximum atomic E-state index is 13.3. The molecule has 2 aromatic rings. The van der Waals surface area contributed by atoms with E-state index in [1.807, 2.05) is 30.0 Å². The van der Waals surface area contributed by atoms with Gasteiger partial charge in [-0.3, -0.25) is 4.79 Å². The highest BCUT2D eigenvalue weighted by molar-refractivity contribution is 5.98. The van der Waals surface area contributed by atoms with Gasteiger partial charge in [0.25, 0.3) is 5.91 Å². The third-order valence-electron chi connectivity index (χ3n) is 4.66. The Hall–Kier alpha value is -3.67. The van der Waals surface area contributed by atoms with E-state index in [-0.39, 0.29) is 17.9 Å². The van der Waals surface area contributed by atoms with Crippen molar-refractivity contribution in [3.63, 3.8) is 0 Å². The van der Waals surface area contributed by atoms with E-state index in [1.165, 1.54) is 11.9 Å². The molecule has 0 unspecified atom stereocenters. The summed E-state index contributed by atoms with van der Waals surface area (Å²) in [5.41, 5.74) is 1.17. The summed E-state index contributed by atoms with van der Waals surface area (Å²) in [6.07, 6.45) is 8.59. The van der Waals surface area contributed by atoms with Gasteiger partial charge in [-0.05, 0) is 31.9 Å². The topological polar surface area (TPSA) is 98.9 Å². The summed E-state index contributed by atoms with van der Waals surface area (Å²) in [6.45, 7) is 2.52. The molecule has 1 aliphatic heterocycles. The van der Waals surface area contributed by atoms with Crippen molar-refractivity contribution >= 4 is 18.1 Å². The molecule has 29 heavy (non-hydrogen) atoms. The number of hydrogen-bond donors (Lipinski definition) is 0. The number of ether oxygens (including phenoxy) is 1. The Balaban J connectivity index is 1.71. The summed E-state index contributed by atoms with van der Waals surface area (Å²) in [5.74, 6) is 1.35. The number of hydrogen-bond acceptors (Lipinski definition) is 7. The Morgan fingerprint density at radius 2 is 2.00 bits per heavy atom. The number of rotatable bonds is 4. The molecular weight excluding hydrogens is 374 g/mol. The minimum Gasteiger partial charge on any atom is -0.459 e. The first-order valence-corrected chi connectivity index (χ1v) is 9.15. The number of methoxy groups -OCH3 is 1. The van der Waals surface area contributed by atoms with Crippen molar-refractivity contribution in [3.05, 3.63) is 42.2 Å². The number of benzene rings is 1. The Kier molecular flexibility index (Phi) is 6.58. The molecule has 9 nitrogen and oxygen atoms in total. The fraction of sp³-hybridized carbons (Fsp3) is 0.350. The fourth-order valence-corrected chi connectivity index (χ4v) is 3.12. The number of para-hydroxylation sites is 1. The predicted molar refractivity (Wildman–Crippen MR) is 104 cm³/mol. The molecule has 1 fully saturated rings. The van der Waals surface area contributed by atoms with Crippen molar-refractivity contribution < 1.29 is 19.2 Å². The molecule has 1 aromatic carbocycles. The van der Waals surface area contributed by atoms with Crippen molar-refractivity contribution in [2.75, 3.05) is 13.7 Å². The summed E-state index contributed by atoms with van der Waals surface area (Å²) in [4.78, 5) is 32.2. The molecule has 1 aliphatic rings. The summed E-state index contributed by atoms with van der Waals surface area (Å²) >= 11 is 0. The maximum Gasteiger partial charge on any atom is 0.387 e. The van der Waals surface area contributed by atoms with E-state index in [2.05, 4.69) is 32.1 Å². The van der Waals surface area contributed by atoms with E-state index in [1.54, 1.807) is 24.7 Å². The fourth-order valence-electron chi connectivity index (χ4n) is 3.12. The monoisotopic (exact) mass is 395 g/mol. The van der Waals surface area contributed by atoms with Crippen LogP contribution in [0.5, 0.6) is 0 Å². The largest absolute Gasteiger partial charge is 0.459 e. The van der Waals surface area contributed by atoms with E-state index in [0.717, 1.165) is 12.8 Å². The van der Waals surface area contributed by atoms with Crippen LogP contribution in [0.1, 0.15) is 30.1 Å². The highest BCUT2D eigenvalue weighted by atomic mass is 16.6. The van der Waals surface area contributed by atoms with Crippen LogP contribution in [0.2, 0.25) is 0 Å². The molecule has 2 heterocycles. The number of carbonyl (C=O) groups excluding carboxylic acids is 2. The van der Waals surface area contributed by atoms with E-state index >= 15 is 0 Å². The minimum absolute atomic E-state index is 0.0186. The van der Waals surface area contributed by atoms with Gasteiger partial charge < -0.3 is 14.5 Å².